The molecule has 0 aliphatic carbocycles. The molecule has 1 unspecified atom stereocenters. The number of ether oxygens (including phenoxy) is 1. The maximum absolute atomic E-state index is 12.5. The third-order valence-corrected chi connectivity index (χ3v) is 3.64. The fourth-order valence-corrected chi connectivity index (χ4v) is 2.45. The molecule has 1 N–H and O–H groups in total. The number of aliphatic hydroxyl groups is 1. The highest BCUT2D eigenvalue weighted by Gasteiger charge is 2.20. The van der Waals surface area contributed by atoms with Gasteiger partial charge in [0.05, 0.1) is 11.0 Å². The van der Waals surface area contributed by atoms with Gasteiger partial charge in [-0.3, -0.25) is 9.36 Å². The Hall–Kier alpha value is -2.37. The Labute approximate surface area is 138 Å². The van der Waals surface area contributed by atoms with Crippen LogP contribution in [-0.2, 0) is 0 Å². The number of benzene rings is 2. The molecule has 0 fully saturated rings. The standard InChI is InChI=1S/C17H15ClN2O3/c1-11(21)17-19-14-4-2-3-5-15(14)20(17)16(22)10-23-13-8-6-12(18)7-9-13/h2-9,11,21H,10H2,1H3. The van der Waals surface area contributed by atoms with Crippen LogP contribution in [0.1, 0.15) is 23.6 Å². The molecule has 0 amide bonds. The van der Waals surface area contributed by atoms with Gasteiger partial charge < -0.3 is 9.84 Å². The third kappa shape index (κ3) is 3.21. The number of nitrogens with zero attached hydrogens (tertiary/aromatic N) is 2. The minimum atomic E-state index is -0.859. The van der Waals surface area contributed by atoms with Crippen molar-refractivity contribution in [1.82, 2.24) is 9.55 Å². The van der Waals surface area contributed by atoms with Crippen molar-refractivity contribution in [2.24, 2.45) is 0 Å². The Morgan fingerprint density at radius 1 is 1.26 bits per heavy atom. The number of imidazole rings is 1. The summed E-state index contributed by atoms with van der Waals surface area (Å²) in [7, 11) is 0. The number of halogens is 1. The first-order valence-corrected chi connectivity index (χ1v) is 7.51. The van der Waals surface area contributed by atoms with Gasteiger partial charge >= 0.3 is 0 Å². The molecule has 0 bridgehead atoms. The predicted octanol–water partition coefficient (Wildman–Crippen LogP) is 3.46. The van der Waals surface area contributed by atoms with Gasteiger partial charge in [-0.15, -0.1) is 0 Å². The van der Waals surface area contributed by atoms with Crippen LogP contribution < -0.4 is 4.74 Å². The highest BCUT2D eigenvalue weighted by atomic mass is 35.5. The zero-order valence-electron chi connectivity index (χ0n) is 12.4. The summed E-state index contributed by atoms with van der Waals surface area (Å²) in [5.74, 6) is 0.547. The first kappa shape index (κ1) is 15.5. The van der Waals surface area contributed by atoms with Gasteiger partial charge in [0, 0.05) is 5.02 Å². The maximum atomic E-state index is 12.5. The van der Waals surface area contributed by atoms with E-state index in [2.05, 4.69) is 4.98 Å². The molecule has 0 aliphatic rings. The number of hydrogen-bond donors (Lipinski definition) is 1. The third-order valence-electron chi connectivity index (χ3n) is 3.39. The lowest BCUT2D eigenvalue weighted by molar-refractivity contribution is 0.0822. The van der Waals surface area contributed by atoms with Crippen LogP contribution in [0.25, 0.3) is 11.0 Å². The number of hydrogen-bond acceptors (Lipinski definition) is 4. The molecule has 0 radical (unpaired) electrons. The van der Waals surface area contributed by atoms with E-state index in [1.807, 2.05) is 12.1 Å². The fraction of sp³-hybridized carbons (Fsp3) is 0.176. The van der Waals surface area contributed by atoms with Crippen molar-refractivity contribution in [3.63, 3.8) is 0 Å². The van der Waals surface area contributed by atoms with Gasteiger partial charge in [0.2, 0.25) is 0 Å². The number of aromatic nitrogens is 2. The summed E-state index contributed by atoms with van der Waals surface area (Å²) in [6.45, 7) is 1.41. The number of carbonyl (C=O) groups is 1. The molecule has 6 heteroatoms. The zero-order valence-corrected chi connectivity index (χ0v) is 13.2. The quantitative estimate of drug-likeness (QED) is 0.795. The summed E-state index contributed by atoms with van der Waals surface area (Å²) < 4.78 is 6.89. The summed E-state index contributed by atoms with van der Waals surface area (Å²) in [5, 5.41) is 10.5. The summed E-state index contributed by atoms with van der Waals surface area (Å²) >= 11 is 5.81. The molecule has 0 saturated heterocycles. The van der Waals surface area contributed by atoms with Gasteiger partial charge in [0.15, 0.2) is 6.61 Å². The van der Waals surface area contributed by atoms with E-state index in [1.165, 1.54) is 4.57 Å². The number of rotatable bonds is 4. The van der Waals surface area contributed by atoms with Gasteiger partial charge in [0.1, 0.15) is 17.7 Å². The van der Waals surface area contributed by atoms with E-state index in [9.17, 15) is 9.90 Å². The Bertz CT molecular complexity index is 841. The Kier molecular flexibility index (Phi) is 4.32. The minimum absolute atomic E-state index is 0.165. The van der Waals surface area contributed by atoms with E-state index in [1.54, 1.807) is 43.3 Å². The van der Waals surface area contributed by atoms with Crippen molar-refractivity contribution in [3.05, 3.63) is 59.4 Å². The second kappa shape index (κ2) is 6.40. The van der Waals surface area contributed by atoms with E-state index in [4.69, 9.17) is 16.3 Å². The summed E-state index contributed by atoms with van der Waals surface area (Å²) in [6.07, 6.45) is -0.859. The summed E-state index contributed by atoms with van der Waals surface area (Å²) in [6, 6.07) is 14.0. The van der Waals surface area contributed by atoms with Crippen molar-refractivity contribution in [1.29, 1.82) is 0 Å². The van der Waals surface area contributed by atoms with Crippen LogP contribution in [0.2, 0.25) is 5.02 Å². The predicted molar refractivity (Wildman–Crippen MR) is 87.9 cm³/mol. The summed E-state index contributed by atoms with van der Waals surface area (Å²) in [4.78, 5) is 16.9. The van der Waals surface area contributed by atoms with Crippen LogP contribution in [0.15, 0.2) is 48.5 Å². The molecule has 0 aliphatic heterocycles. The highest BCUT2D eigenvalue weighted by molar-refractivity contribution is 6.30. The lowest BCUT2D eigenvalue weighted by atomic mass is 10.3. The second-order valence-corrected chi connectivity index (χ2v) is 5.54. The molecular formula is C17H15ClN2O3. The SMILES string of the molecule is CC(O)c1nc2ccccc2n1C(=O)COc1ccc(Cl)cc1. The molecular weight excluding hydrogens is 316 g/mol. The van der Waals surface area contributed by atoms with Gasteiger partial charge in [-0.1, -0.05) is 23.7 Å². The maximum Gasteiger partial charge on any atom is 0.270 e. The molecule has 0 spiro atoms. The first-order chi connectivity index (χ1) is 11.1. The van der Waals surface area contributed by atoms with Gasteiger partial charge in [-0.2, -0.15) is 0 Å². The van der Waals surface area contributed by atoms with Gasteiger partial charge in [-0.05, 0) is 43.3 Å². The van der Waals surface area contributed by atoms with Gasteiger partial charge in [0.25, 0.3) is 5.91 Å². The van der Waals surface area contributed by atoms with Crippen LogP contribution >= 0.6 is 11.6 Å². The number of fused-ring (bicyclic) bond motifs is 1. The fourth-order valence-electron chi connectivity index (χ4n) is 2.33. The molecule has 1 aromatic heterocycles. The van der Waals surface area contributed by atoms with E-state index < -0.39 is 6.10 Å². The summed E-state index contributed by atoms with van der Waals surface area (Å²) in [5.41, 5.74) is 1.30. The van der Waals surface area contributed by atoms with Crippen LogP contribution in [0, 0.1) is 0 Å². The normalized spacial score (nSPS) is 12.3. The Morgan fingerprint density at radius 3 is 2.65 bits per heavy atom. The number of para-hydroxylation sites is 2. The molecule has 2 aromatic carbocycles. The molecule has 23 heavy (non-hydrogen) atoms. The Morgan fingerprint density at radius 2 is 1.96 bits per heavy atom. The monoisotopic (exact) mass is 330 g/mol. The molecule has 1 atom stereocenters. The number of carbonyl (C=O) groups excluding carboxylic acids is 1. The lowest BCUT2D eigenvalue weighted by Crippen LogP contribution is -2.22. The minimum Gasteiger partial charge on any atom is -0.484 e. The van der Waals surface area contributed by atoms with Crippen molar-refractivity contribution < 1.29 is 14.6 Å². The lowest BCUT2D eigenvalue weighted by Gasteiger charge is -2.10. The van der Waals surface area contributed by atoms with Crippen molar-refractivity contribution in [2.45, 2.75) is 13.0 Å². The second-order valence-electron chi connectivity index (χ2n) is 5.11. The molecule has 1 heterocycles. The molecule has 3 aromatic rings. The van der Waals surface area contributed by atoms with Crippen LogP contribution in [-0.4, -0.2) is 27.2 Å². The van der Waals surface area contributed by atoms with Crippen molar-refractivity contribution in [2.75, 3.05) is 6.61 Å². The molecule has 0 saturated carbocycles. The number of aliphatic hydroxyl groups excluding tert-OH is 1. The van der Waals surface area contributed by atoms with Crippen LogP contribution in [0.4, 0.5) is 0 Å². The van der Waals surface area contributed by atoms with Gasteiger partial charge in [-0.25, -0.2) is 4.98 Å². The average molecular weight is 331 g/mol. The largest absolute Gasteiger partial charge is 0.484 e. The van der Waals surface area contributed by atoms with Crippen molar-refractivity contribution >= 4 is 28.5 Å². The van der Waals surface area contributed by atoms with Crippen molar-refractivity contribution in [3.8, 4) is 5.75 Å². The first-order valence-electron chi connectivity index (χ1n) is 7.13. The van der Waals surface area contributed by atoms with E-state index >= 15 is 0 Å². The average Bonchev–Trinajstić information content (AvgIpc) is 2.94. The molecule has 5 nitrogen and oxygen atoms in total. The van der Waals surface area contributed by atoms with E-state index in [0.29, 0.717) is 27.6 Å². The highest BCUT2D eigenvalue weighted by Crippen LogP contribution is 2.21. The van der Waals surface area contributed by atoms with E-state index in [-0.39, 0.29) is 12.5 Å². The van der Waals surface area contributed by atoms with Crippen LogP contribution in [0.5, 0.6) is 5.75 Å². The zero-order chi connectivity index (χ0) is 16.4. The Balaban J connectivity index is 1.88. The smallest absolute Gasteiger partial charge is 0.270 e. The molecule has 118 valence electrons. The topological polar surface area (TPSA) is 64.4 Å². The van der Waals surface area contributed by atoms with E-state index in [0.717, 1.165) is 0 Å². The van der Waals surface area contributed by atoms with Crippen LogP contribution in [0.3, 0.4) is 0 Å². The molecule has 3 rings (SSSR count).